The molecule has 2 aromatic carbocycles. The number of allylic oxidation sites excluding steroid dienone is 1. The molecule has 1 heterocycles. The number of benzene rings is 2. The van der Waals surface area contributed by atoms with Crippen molar-refractivity contribution in [1.29, 1.82) is 0 Å². The minimum Gasteiger partial charge on any atom is -0.489 e. The highest BCUT2D eigenvalue weighted by atomic mass is 35.5. The zero-order valence-corrected chi connectivity index (χ0v) is 15.2. The van der Waals surface area contributed by atoms with Crippen molar-refractivity contribution in [3.8, 4) is 5.75 Å². The SMILES string of the molecule is CC(=Cc1ccc(OCc2ccc(Cl)cc2)cc1)Cn1ccnc1C. The second kappa shape index (κ2) is 8.04. The maximum Gasteiger partial charge on any atom is 0.119 e. The minimum atomic E-state index is 0.533. The summed E-state index contributed by atoms with van der Waals surface area (Å²) in [6.45, 7) is 5.52. The van der Waals surface area contributed by atoms with E-state index in [0.29, 0.717) is 6.61 Å². The molecule has 3 rings (SSSR count). The molecule has 0 bridgehead atoms. The van der Waals surface area contributed by atoms with Crippen LogP contribution in [0.4, 0.5) is 0 Å². The van der Waals surface area contributed by atoms with Crippen LogP contribution in [0.3, 0.4) is 0 Å². The highest BCUT2D eigenvalue weighted by Gasteiger charge is 2.00. The highest BCUT2D eigenvalue weighted by Crippen LogP contribution is 2.17. The zero-order valence-electron chi connectivity index (χ0n) is 14.4. The average Bonchev–Trinajstić information content (AvgIpc) is 3.00. The van der Waals surface area contributed by atoms with Crippen molar-refractivity contribution in [2.75, 3.05) is 0 Å². The Hall–Kier alpha value is -2.52. The molecule has 0 spiro atoms. The first-order chi connectivity index (χ1) is 12.1. The van der Waals surface area contributed by atoms with Gasteiger partial charge in [-0.25, -0.2) is 4.98 Å². The first-order valence-corrected chi connectivity index (χ1v) is 8.60. The number of aryl methyl sites for hydroxylation is 1. The van der Waals surface area contributed by atoms with Gasteiger partial charge in [-0.15, -0.1) is 0 Å². The molecule has 25 heavy (non-hydrogen) atoms. The Balaban J connectivity index is 1.58. The van der Waals surface area contributed by atoms with Gasteiger partial charge in [0.25, 0.3) is 0 Å². The number of aromatic nitrogens is 2. The quantitative estimate of drug-likeness (QED) is 0.583. The summed E-state index contributed by atoms with van der Waals surface area (Å²) in [7, 11) is 0. The maximum atomic E-state index is 5.89. The Kier molecular flexibility index (Phi) is 5.56. The van der Waals surface area contributed by atoms with E-state index in [0.717, 1.165) is 34.3 Å². The fourth-order valence-electron chi connectivity index (χ4n) is 2.58. The van der Waals surface area contributed by atoms with Crippen LogP contribution in [0.1, 0.15) is 23.9 Å². The molecule has 0 fully saturated rings. The Morgan fingerprint density at radius 2 is 1.84 bits per heavy atom. The van der Waals surface area contributed by atoms with E-state index >= 15 is 0 Å². The van der Waals surface area contributed by atoms with Crippen molar-refractivity contribution in [1.82, 2.24) is 9.55 Å². The van der Waals surface area contributed by atoms with E-state index in [1.807, 2.05) is 55.7 Å². The number of ether oxygens (including phenoxy) is 1. The molecule has 0 unspecified atom stereocenters. The van der Waals surface area contributed by atoms with Crippen LogP contribution in [-0.2, 0) is 13.2 Å². The molecule has 4 heteroatoms. The molecule has 0 saturated heterocycles. The van der Waals surface area contributed by atoms with Gasteiger partial charge in [0.05, 0.1) is 0 Å². The molecular formula is C21H21ClN2O. The molecule has 0 saturated carbocycles. The number of imidazole rings is 1. The lowest BCUT2D eigenvalue weighted by atomic mass is 10.1. The molecular weight excluding hydrogens is 332 g/mol. The van der Waals surface area contributed by atoms with E-state index in [4.69, 9.17) is 16.3 Å². The van der Waals surface area contributed by atoms with Gasteiger partial charge in [0.2, 0.25) is 0 Å². The summed E-state index contributed by atoms with van der Waals surface area (Å²) in [5.74, 6) is 1.88. The molecule has 0 aliphatic carbocycles. The van der Waals surface area contributed by atoms with Gasteiger partial charge in [0.15, 0.2) is 0 Å². The zero-order chi connectivity index (χ0) is 17.6. The molecule has 3 aromatic rings. The van der Waals surface area contributed by atoms with Gasteiger partial charge in [-0.3, -0.25) is 0 Å². The molecule has 128 valence electrons. The third kappa shape index (κ3) is 4.97. The van der Waals surface area contributed by atoms with Gasteiger partial charge < -0.3 is 9.30 Å². The van der Waals surface area contributed by atoms with Crippen molar-refractivity contribution in [2.45, 2.75) is 27.0 Å². The second-order valence-corrected chi connectivity index (χ2v) is 6.51. The fourth-order valence-corrected chi connectivity index (χ4v) is 2.70. The lowest BCUT2D eigenvalue weighted by Gasteiger charge is -2.08. The smallest absolute Gasteiger partial charge is 0.119 e. The summed E-state index contributed by atoms with van der Waals surface area (Å²) in [6, 6.07) is 15.8. The normalized spacial score (nSPS) is 11.6. The number of hydrogen-bond donors (Lipinski definition) is 0. The van der Waals surface area contributed by atoms with Crippen LogP contribution in [0, 0.1) is 6.92 Å². The summed E-state index contributed by atoms with van der Waals surface area (Å²) in [5.41, 5.74) is 3.53. The predicted molar refractivity (Wildman–Crippen MR) is 103 cm³/mol. The van der Waals surface area contributed by atoms with Crippen LogP contribution in [-0.4, -0.2) is 9.55 Å². The van der Waals surface area contributed by atoms with Gasteiger partial charge in [-0.05, 0) is 49.2 Å². The van der Waals surface area contributed by atoms with Crippen molar-refractivity contribution in [2.24, 2.45) is 0 Å². The summed E-state index contributed by atoms with van der Waals surface area (Å²) in [5, 5.41) is 0.737. The van der Waals surface area contributed by atoms with Gasteiger partial charge in [0.1, 0.15) is 18.2 Å². The molecule has 0 radical (unpaired) electrons. The molecule has 3 nitrogen and oxygen atoms in total. The molecule has 0 atom stereocenters. The van der Waals surface area contributed by atoms with Crippen molar-refractivity contribution in [3.63, 3.8) is 0 Å². The van der Waals surface area contributed by atoms with E-state index in [1.54, 1.807) is 0 Å². The van der Waals surface area contributed by atoms with E-state index in [2.05, 4.69) is 34.7 Å². The van der Waals surface area contributed by atoms with Crippen LogP contribution < -0.4 is 4.74 Å². The minimum absolute atomic E-state index is 0.533. The van der Waals surface area contributed by atoms with E-state index in [9.17, 15) is 0 Å². The Bertz CT molecular complexity index is 848. The third-order valence-corrected chi connectivity index (χ3v) is 4.21. The lowest BCUT2D eigenvalue weighted by molar-refractivity contribution is 0.306. The van der Waals surface area contributed by atoms with E-state index in [1.165, 1.54) is 5.57 Å². The van der Waals surface area contributed by atoms with Crippen LogP contribution in [0.25, 0.3) is 6.08 Å². The Morgan fingerprint density at radius 1 is 1.12 bits per heavy atom. The predicted octanol–water partition coefficient (Wildman–Crippen LogP) is 5.53. The van der Waals surface area contributed by atoms with Gasteiger partial charge in [0, 0.05) is 24.0 Å². The second-order valence-electron chi connectivity index (χ2n) is 6.08. The fraction of sp³-hybridized carbons (Fsp3) is 0.190. The Labute approximate surface area is 153 Å². The number of halogens is 1. The largest absolute Gasteiger partial charge is 0.489 e. The highest BCUT2D eigenvalue weighted by molar-refractivity contribution is 6.30. The van der Waals surface area contributed by atoms with Crippen LogP contribution >= 0.6 is 11.6 Å². The lowest BCUT2D eigenvalue weighted by Crippen LogP contribution is -2.00. The number of rotatable bonds is 6. The molecule has 1 aromatic heterocycles. The van der Waals surface area contributed by atoms with Gasteiger partial charge in [-0.2, -0.15) is 0 Å². The number of hydrogen-bond acceptors (Lipinski definition) is 2. The number of nitrogens with zero attached hydrogens (tertiary/aromatic N) is 2. The molecule has 0 amide bonds. The van der Waals surface area contributed by atoms with Gasteiger partial charge in [-0.1, -0.05) is 47.5 Å². The first-order valence-electron chi connectivity index (χ1n) is 8.22. The van der Waals surface area contributed by atoms with Crippen LogP contribution in [0.15, 0.2) is 66.5 Å². The maximum absolute atomic E-state index is 5.89. The van der Waals surface area contributed by atoms with Gasteiger partial charge >= 0.3 is 0 Å². The Morgan fingerprint density at radius 3 is 2.48 bits per heavy atom. The van der Waals surface area contributed by atoms with E-state index < -0.39 is 0 Å². The van der Waals surface area contributed by atoms with Crippen molar-refractivity contribution < 1.29 is 4.74 Å². The van der Waals surface area contributed by atoms with Crippen molar-refractivity contribution in [3.05, 3.63) is 88.5 Å². The molecule has 0 aliphatic rings. The first kappa shape index (κ1) is 17.3. The van der Waals surface area contributed by atoms with Crippen LogP contribution in [0.2, 0.25) is 5.02 Å². The summed E-state index contributed by atoms with van der Waals surface area (Å²) < 4.78 is 7.95. The van der Waals surface area contributed by atoms with Crippen LogP contribution in [0.5, 0.6) is 5.75 Å². The third-order valence-electron chi connectivity index (χ3n) is 3.96. The standard InChI is InChI=1S/C21H21ClN2O/c1-16(14-24-12-11-23-17(24)2)13-18-5-9-21(10-6-18)25-15-19-3-7-20(22)8-4-19/h3-13H,14-15H2,1-2H3. The average molecular weight is 353 g/mol. The molecule has 0 N–H and O–H groups in total. The summed E-state index contributed by atoms with van der Waals surface area (Å²) >= 11 is 5.89. The monoisotopic (exact) mass is 352 g/mol. The summed E-state index contributed by atoms with van der Waals surface area (Å²) in [6.07, 6.45) is 6.01. The molecule has 0 aliphatic heterocycles. The van der Waals surface area contributed by atoms with Crippen molar-refractivity contribution >= 4 is 17.7 Å². The topological polar surface area (TPSA) is 27.1 Å². The van der Waals surface area contributed by atoms with E-state index in [-0.39, 0.29) is 0 Å². The summed E-state index contributed by atoms with van der Waals surface area (Å²) in [4.78, 5) is 4.25.